The van der Waals surface area contributed by atoms with Gasteiger partial charge in [0.05, 0.1) is 23.5 Å². The third-order valence-electron chi connectivity index (χ3n) is 6.13. The van der Waals surface area contributed by atoms with Gasteiger partial charge in [0.25, 0.3) is 5.91 Å². The van der Waals surface area contributed by atoms with Crippen molar-refractivity contribution in [1.29, 1.82) is 0 Å². The highest BCUT2D eigenvalue weighted by Crippen LogP contribution is 2.45. The van der Waals surface area contributed by atoms with E-state index in [-0.39, 0.29) is 38.1 Å². The fourth-order valence-electron chi connectivity index (χ4n) is 4.36. The van der Waals surface area contributed by atoms with Crippen molar-refractivity contribution in [3.8, 4) is 17.2 Å². The zero-order valence-corrected chi connectivity index (χ0v) is 18.4. The van der Waals surface area contributed by atoms with Gasteiger partial charge in [0.1, 0.15) is 17.2 Å². The molecule has 2 aliphatic rings. The number of benzene rings is 2. The molecular weight excluding hydrogens is 482 g/mol. The quantitative estimate of drug-likeness (QED) is 0.403. The molecule has 1 saturated carbocycles. The number of ether oxygens (including phenoxy) is 2. The van der Waals surface area contributed by atoms with Crippen LogP contribution in [-0.2, 0) is 11.0 Å². The Morgan fingerprint density at radius 2 is 1.86 bits per heavy atom. The summed E-state index contributed by atoms with van der Waals surface area (Å²) >= 11 is 0. The summed E-state index contributed by atoms with van der Waals surface area (Å²) in [7, 11) is 0. The van der Waals surface area contributed by atoms with Crippen molar-refractivity contribution >= 4 is 17.3 Å². The van der Waals surface area contributed by atoms with Crippen molar-refractivity contribution in [2.24, 2.45) is 0 Å². The summed E-state index contributed by atoms with van der Waals surface area (Å²) in [5, 5.41) is 15.4. The summed E-state index contributed by atoms with van der Waals surface area (Å²) in [6.45, 7) is 1.06. The molecule has 1 aliphatic heterocycles. The van der Waals surface area contributed by atoms with Gasteiger partial charge in [-0.1, -0.05) is 12.8 Å². The Hall–Kier alpha value is -3.31. The monoisotopic (exact) mass is 508 g/mol. The fourth-order valence-corrected chi connectivity index (χ4v) is 4.36. The molecule has 1 amide bonds. The summed E-state index contributed by atoms with van der Waals surface area (Å²) in [5.74, 6) is -1.96. The predicted molar refractivity (Wildman–Crippen MR) is 118 cm³/mol. The Balaban J connectivity index is 0.00000241. The van der Waals surface area contributed by atoms with Crippen LogP contribution >= 0.6 is 0 Å². The SMILES string of the molecule is CC1(C(=O)Nc2cc(O)c(C3CCCC3)cc2C(F)(F)F)CNc2cc(OC(F)(F)F)ccc2O1.[HH].[HH]. The second-order valence-electron chi connectivity index (χ2n) is 8.78. The summed E-state index contributed by atoms with van der Waals surface area (Å²) in [6, 6.07) is 4.93. The standard InChI is InChI=1S/C23H22F6N2O4.2H2/c1-21(11-30-17-8-13(34-23(27,28)29)6-7-19(17)35-21)20(33)31-16-10-18(32)14(12-4-2-3-5-12)9-15(16)22(24,25)26;;/h6-10,12,30,32H,2-5,11H2,1H3,(H,31,33);2*1H. The van der Waals surface area contributed by atoms with Crippen molar-refractivity contribution in [2.45, 2.75) is 56.7 Å². The molecule has 35 heavy (non-hydrogen) atoms. The van der Waals surface area contributed by atoms with Crippen LogP contribution in [0, 0.1) is 0 Å². The smallest absolute Gasteiger partial charge is 0.508 e. The van der Waals surface area contributed by atoms with E-state index >= 15 is 0 Å². The number of hydrogen-bond acceptors (Lipinski definition) is 5. The Kier molecular flexibility index (Phi) is 6.18. The summed E-state index contributed by atoms with van der Waals surface area (Å²) < 4.78 is 88.3. The number of alkyl halides is 6. The lowest BCUT2D eigenvalue weighted by molar-refractivity contribution is -0.274. The summed E-state index contributed by atoms with van der Waals surface area (Å²) in [5.41, 5.74) is -3.10. The van der Waals surface area contributed by atoms with Crippen LogP contribution in [0.25, 0.3) is 0 Å². The molecule has 4 rings (SSSR count). The number of phenolic OH excluding ortho intramolecular Hbond substituents is 1. The molecule has 0 aromatic heterocycles. The molecule has 0 spiro atoms. The molecule has 0 bridgehead atoms. The molecule has 0 radical (unpaired) electrons. The average molecular weight is 508 g/mol. The topological polar surface area (TPSA) is 79.8 Å². The lowest BCUT2D eigenvalue weighted by Crippen LogP contribution is -2.52. The highest BCUT2D eigenvalue weighted by Gasteiger charge is 2.42. The number of carbonyl (C=O) groups is 1. The van der Waals surface area contributed by atoms with Crippen LogP contribution < -0.4 is 20.1 Å². The minimum Gasteiger partial charge on any atom is -0.508 e. The zero-order valence-electron chi connectivity index (χ0n) is 18.4. The van der Waals surface area contributed by atoms with Gasteiger partial charge >= 0.3 is 12.5 Å². The Morgan fingerprint density at radius 3 is 2.49 bits per heavy atom. The lowest BCUT2D eigenvalue weighted by atomic mass is 9.93. The number of phenols is 1. The Bertz CT molecular complexity index is 1140. The largest absolute Gasteiger partial charge is 0.573 e. The van der Waals surface area contributed by atoms with Gasteiger partial charge in [0.15, 0.2) is 0 Å². The van der Waals surface area contributed by atoms with Crippen LogP contribution in [0.15, 0.2) is 30.3 Å². The van der Waals surface area contributed by atoms with Crippen LogP contribution in [0.4, 0.5) is 37.7 Å². The normalized spacial score (nSPS) is 20.5. The maximum atomic E-state index is 13.8. The predicted octanol–water partition coefficient (Wildman–Crippen LogP) is 6.66. The van der Waals surface area contributed by atoms with Crippen LogP contribution in [0.2, 0.25) is 0 Å². The van der Waals surface area contributed by atoms with Gasteiger partial charge in [-0.25, -0.2) is 0 Å². The number of nitrogens with one attached hydrogen (secondary N) is 2. The van der Waals surface area contributed by atoms with Gasteiger partial charge in [-0.2, -0.15) is 13.2 Å². The third-order valence-corrected chi connectivity index (χ3v) is 6.13. The number of carbonyl (C=O) groups excluding carboxylic acids is 1. The van der Waals surface area contributed by atoms with Crippen molar-refractivity contribution in [3.63, 3.8) is 0 Å². The van der Waals surface area contributed by atoms with E-state index < -0.39 is 41.0 Å². The Labute approximate surface area is 199 Å². The number of halogens is 6. The average Bonchev–Trinajstić information content (AvgIpc) is 3.26. The number of anilines is 2. The van der Waals surface area contributed by atoms with Crippen LogP contribution in [0.3, 0.4) is 0 Å². The van der Waals surface area contributed by atoms with E-state index in [0.29, 0.717) is 12.8 Å². The number of fused-ring (bicyclic) bond motifs is 1. The summed E-state index contributed by atoms with van der Waals surface area (Å²) in [6.07, 6.45) is -6.63. The van der Waals surface area contributed by atoms with Crippen molar-refractivity contribution in [2.75, 3.05) is 17.2 Å². The summed E-state index contributed by atoms with van der Waals surface area (Å²) in [4.78, 5) is 13.0. The van der Waals surface area contributed by atoms with Crippen molar-refractivity contribution < 1.29 is 48.6 Å². The molecule has 1 atom stereocenters. The first-order chi connectivity index (χ1) is 16.2. The van der Waals surface area contributed by atoms with Gasteiger partial charge in [-0.15, -0.1) is 13.2 Å². The van der Waals surface area contributed by atoms with Crippen molar-refractivity contribution in [3.05, 3.63) is 41.5 Å². The molecule has 1 aliphatic carbocycles. The molecule has 3 N–H and O–H groups in total. The second-order valence-corrected chi connectivity index (χ2v) is 8.78. The molecule has 2 aromatic carbocycles. The minimum atomic E-state index is -4.90. The second kappa shape index (κ2) is 8.72. The van der Waals surface area contributed by atoms with Gasteiger partial charge in [-0.3, -0.25) is 4.79 Å². The zero-order chi connectivity index (χ0) is 25.6. The van der Waals surface area contributed by atoms with E-state index in [9.17, 15) is 36.2 Å². The molecule has 1 fully saturated rings. The molecule has 1 heterocycles. The molecule has 1 unspecified atom stereocenters. The first kappa shape index (κ1) is 24.8. The molecule has 194 valence electrons. The number of hydrogen-bond donors (Lipinski definition) is 3. The molecule has 2 aromatic rings. The van der Waals surface area contributed by atoms with Gasteiger partial charge in [0, 0.05) is 15.0 Å². The number of rotatable bonds is 4. The van der Waals surface area contributed by atoms with Gasteiger partial charge in [-0.05, 0) is 49.4 Å². The Morgan fingerprint density at radius 1 is 1.17 bits per heavy atom. The maximum absolute atomic E-state index is 13.8. The van der Waals surface area contributed by atoms with E-state index in [1.807, 2.05) is 0 Å². The highest BCUT2D eigenvalue weighted by atomic mass is 19.4. The van der Waals surface area contributed by atoms with Crippen LogP contribution in [0.1, 0.15) is 52.5 Å². The number of amides is 1. The highest BCUT2D eigenvalue weighted by molar-refractivity contribution is 5.99. The lowest BCUT2D eigenvalue weighted by Gasteiger charge is -2.35. The maximum Gasteiger partial charge on any atom is 0.573 e. The van der Waals surface area contributed by atoms with Crippen LogP contribution in [0.5, 0.6) is 17.2 Å². The first-order valence-corrected chi connectivity index (χ1v) is 10.8. The van der Waals surface area contributed by atoms with E-state index in [1.54, 1.807) is 0 Å². The van der Waals surface area contributed by atoms with E-state index in [4.69, 9.17) is 4.74 Å². The molecule has 6 nitrogen and oxygen atoms in total. The van der Waals surface area contributed by atoms with Gasteiger partial charge in [0.2, 0.25) is 5.60 Å². The van der Waals surface area contributed by atoms with E-state index in [0.717, 1.165) is 43.2 Å². The van der Waals surface area contributed by atoms with E-state index in [2.05, 4.69) is 15.4 Å². The van der Waals surface area contributed by atoms with Crippen LogP contribution in [-0.4, -0.2) is 29.5 Å². The molecular formula is C23H26F6N2O4. The minimum absolute atomic E-state index is 0. The molecule has 0 saturated heterocycles. The molecule has 12 heteroatoms. The van der Waals surface area contributed by atoms with E-state index in [1.165, 1.54) is 6.92 Å². The number of aromatic hydroxyl groups is 1. The van der Waals surface area contributed by atoms with Gasteiger partial charge < -0.3 is 25.2 Å². The van der Waals surface area contributed by atoms with Crippen molar-refractivity contribution in [1.82, 2.24) is 0 Å². The fraction of sp³-hybridized carbons (Fsp3) is 0.435. The third kappa shape index (κ3) is 5.35. The first-order valence-electron chi connectivity index (χ1n) is 10.8.